The second kappa shape index (κ2) is 4.18. The molecule has 0 unspecified atom stereocenters. The monoisotopic (exact) mass is 195 g/mol. The van der Waals surface area contributed by atoms with E-state index in [4.69, 9.17) is 0 Å². The Kier molecular flexibility index (Phi) is 3.38. The molecule has 0 radical (unpaired) electrons. The lowest BCUT2D eigenvalue weighted by Gasteiger charge is -2.27. The minimum absolute atomic E-state index is 0.547. The molecule has 0 spiro atoms. The van der Waals surface area contributed by atoms with Gasteiger partial charge in [-0.25, -0.2) is 0 Å². The smallest absolute Gasteiger partial charge is 0.0820 e. The summed E-state index contributed by atoms with van der Waals surface area (Å²) in [7, 11) is 0. The van der Waals surface area contributed by atoms with Crippen LogP contribution in [0.15, 0.2) is 12.1 Å². The molecule has 14 heavy (non-hydrogen) atoms. The van der Waals surface area contributed by atoms with E-state index in [0.29, 0.717) is 6.54 Å². The molecule has 1 rings (SSSR count). The van der Waals surface area contributed by atoms with Gasteiger partial charge < -0.3 is 9.67 Å². The molecule has 0 aliphatic rings. The number of hydrogen-bond acceptors (Lipinski definition) is 1. The Labute approximate surface area is 86.6 Å². The molecule has 0 fully saturated rings. The van der Waals surface area contributed by atoms with E-state index in [2.05, 4.69) is 30.5 Å². The summed E-state index contributed by atoms with van der Waals surface area (Å²) < 4.78 is 2.19. The van der Waals surface area contributed by atoms with Gasteiger partial charge in [0.25, 0.3) is 0 Å². The van der Waals surface area contributed by atoms with Crippen molar-refractivity contribution in [1.29, 1.82) is 0 Å². The van der Waals surface area contributed by atoms with Crippen LogP contribution in [0.25, 0.3) is 0 Å². The summed E-state index contributed by atoms with van der Waals surface area (Å²) in [5.74, 6) is 0. The molecule has 80 valence electrons. The molecule has 0 aromatic carbocycles. The zero-order chi connectivity index (χ0) is 10.8. The summed E-state index contributed by atoms with van der Waals surface area (Å²) in [5.41, 5.74) is 1.90. The van der Waals surface area contributed by atoms with Crippen molar-refractivity contribution in [2.45, 2.75) is 52.7 Å². The third kappa shape index (κ3) is 2.18. The molecule has 1 heterocycles. The summed E-state index contributed by atoms with van der Waals surface area (Å²) in [6.45, 7) is 8.96. The third-order valence-corrected chi connectivity index (χ3v) is 3.19. The van der Waals surface area contributed by atoms with Crippen LogP contribution in [-0.4, -0.2) is 15.3 Å². The topological polar surface area (TPSA) is 25.2 Å². The first-order valence-electron chi connectivity index (χ1n) is 5.37. The van der Waals surface area contributed by atoms with Crippen LogP contribution in [0.2, 0.25) is 0 Å². The van der Waals surface area contributed by atoms with Crippen molar-refractivity contribution in [3.8, 4) is 0 Å². The molecule has 0 saturated heterocycles. The molecule has 1 aromatic heterocycles. The lowest BCUT2D eigenvalue weighted by molar-refractivity contribution is 0.0142. The van der Waals surface area contributed by atoms with Crippen molar-refractivity contribution in [2.75, 3.05) is 0 Å². The van der Waals surface area contributed by atoms with Gasteiger partial charge in [-0.15, -0.1) is 0 Å². The predicted molar refractivity (Wildman–Crippen MR) is 59.4 cm³/mol. The van der Waals surface area contributed by atoms with Crippen molar-refractivity contribution in [3.63, 3.8) is 0 Å². The summed E-state index contributed by atoms with van der Waals surface area (Å²) in [5, 5.41) is 10.2. The van der Waals surface area contributed by atoms with Gasteiger partial charge in [0.1, 0.15) is 0 Å². The van der Waals surface area contributed by atoms with E-state index >= 15 is 0 Å². The summed E-state index contributed by atoms with van der Waals surface area (Å²) in [4.78, 5) is 0. The minimum Gasteiger partial charge on any atom is -0.388 e. The first kappa shape index (κ1) is 11.3. The molecule has 0 saturated carbocycles. The van der Waals surface area contributed by atoms with E-state index in [9.17, 15) is 5.11 Å². The molecule has 2 heteroatoms. The summed E-state index contributed by atoms with van der Waals surface area (Å²) >= 11 is 0. The first-order valence-corrected chi connectivity index (χ1v) is 5.37. The van der Waals surface area contributed by atoms with Crippen LogP contribution in [0, 0.1) is 13.8 Å². The van der Waals surface area contributed by atoms with Gasteiger partial charge >= 0.3 is 0 Å². The fraction of sp³-hybridized carbons (Fsp3) is 0.667. The second-order valence-electron chi connectivity index (χ2n) is 4.13. The predicted octanol–water partition coefficient (Wildman–Crippen LogP) is 2.66. The quantitative estimate of drug-likeness (QED) is 0.785. The first-order chi connectivity index (χ1) is 6.52. The van der Waals surface area contributed by atoms with E-state index < -0.39 is 5.60 Å². The average Bonchev–Trinajstić information content (AvgIpc) is 2.49. The maximum absolute atomic E-state index is 10.2. The molecule has 1 N–H and O–H groups in total. The molecule has 0 aliphatic heterocycles. The van der Waals surface area contributed by atoms with Crippen LogP contribution < -0.4 is 0 Å². The Hall–Kier alpha value is -0.760. The van der Waals surface area contributed by atoms with Crippen LogP contribution in [0.1, 0.15) is 38.1 Å². The molecule has 0 aliphatic carbocycles. The SMILES string of the molecule is CCC(O)(CC)Cn1c(C)ccc1C. The number of aryl methyl sites for hydroxylation is 2. The van der Waals surface area contributed by atoms with Gasteiger partial charge in [-0.3, -0.25) is 0 Å². The molecular weight excluding hydrogens is 174 g/mol. The van der Waals surface area contributed by atoms with Crippen molar-refractivity contribution < 1.29 is 5.11 Å². The van der Waals surface area contributed by atoms with E-state index in [1.54, 1.807) is 0 Å². The fourth-order valence-electron chi connectivity index (χ4n) is 1.72. The Balaban J connectivity index is 2.87. The maximum Gasteiger partial charge on any atom is 0.0820 e. The van der Waals surface area contributed by atoms with Gasteiger partial charge in [-0.05, 0) is 38.8 Å². The van der Waals surface area contributed by atoms with Gasteiger partial charge in [-0.2, -0.15) is 0 Å². The zero-order valence-electron chi connectivity index (χ0n) is 9.67. The fourth-order valence-corrected chi connectivity index (χ4v) is 1.72. The van der Waals surface area contributed by atoms with Crippen LogP contribution in [-0.2, 0) is 6.54 Å². The molecule has 0 bridgehead atoms. The van der Waals surface area contributed by atoms with Crippen LogP contribution in [0.5, 0.6) is 0 Å². The Bertz CT molecular complexity index is 278. The standard InChI is InChI=1S/C12H21NO/c1-5-12(14,6-2)9-13-10(3)7-8-11(13)4/h7-8,14H,5-6,9H2,1-4H3. The highest BCUT2D eigenvalue weighted by atomic mass is 16.3. The van der Waals surface area contributed by atoms with Crippen molar-refractivity contribution in [3.05, 3.63) is 23.5 Å². The van der Waals surface area contributed by atoms with Gasteiger partial charge in [0.15, 0.2) is 0 Å². The van der Waals surface area contributed by atoms with E-state index in [0.717, 1.165) is 12.8 Å². The van der Waals surface area contributed by atoms with Crippen molar-refractivity contribution >= 4 is 0 Å². The third-order valence-electron chi connectivity index (χ3n) is 3.19. The highest BCUT2D eigenvalue weighted by Crippen LogP contribution is 2.20. The average molecular weight is 195 g/mol. The van der Waals surface area contributed by atoms with Gasteiger partial charge in [-0.1, -0.05) is 13.8 Å². The zero-order valence-corrected chi connectivity index (χ0v) is 9.67. The molecule has 1 aromatic rings. The Morgan fingerprint density at radius 3 is 1.93 bits per heavy atom. The van der Waals surface area contributed by atoms with Gasteiger partial charge in [0.05, 0.1) is 12.1 Å². The largest absolute Gasteiger partial charge is 0.388 e. The normalized spacial score (nSPS) is 12.1. The lowest BCUT2D eigenvalue weighted by Crippen LogP contribution is -2.33. The number of aromatic nitrogens is 1. The molecular formula is C12H21NO. The molecule has 0 atom stereocenters. The molecule has 2 nitrogen and oxygen atoms in total. The van der Waals surface area contributed by atoms with Gasteiger partial charge in [0, 0.05) is 11.4 Å². The van der Waals surface area contributed by atoms with E-state index in [1.165, 1.54) is 11.4 Å². The summed E-state index contributed by atoms with van der Waals surface area (Å²) in [6, 6.07) is 4.20. The van der Waals surface area contributed by atoms with Crippen LogP contribution >= 0.6 is 0 Å². The van der Waals surface area contributed by atoms with E-state index in [-0.39, 0.29) is 0 Å². The molecule has 0 amide bonds. The number of nitrogens with zero attached hydrogens (tertiary/aromatic N) is 1. The minimum atomic E-state index is -0.547. The van der Waals surface area contributed by atoms with Crippen molar-refractivity contribution in [2.24, 2.45) is 0 Å². The van der Waals surface area contributed by atoms with Crippen LogP contribution in [0.3, 0.4) is 0 Å². The highest BCUT2D eigenvalue weighted by Gasteiger charge is 2.23. The highest BCUT2D eigenvalue weighted by molar-refractivity contribution is 5.14. The van der Waals surface area contributed by atoms with Gasteiger partial charge in [0.2, 0.25) is 0 Å². The van der Waals surface area contributed by atoms with Crippen molar-refractivity contribution in [1.82, 2.24) is 4.57 Å². The van der Waals surface area contributed by atoms with Crippen LogP contribution in [0.4, 0.5) is 0 Å². The number of aliphatic hydroxyl groups is 1. The number of rotatable bonds is 4. The maximum atomic E-state index is 10.2. The number of hydrogen-bond donors (Lipinski definition) is 1. The lowest BCUT2D eigenvalue weighted by atomic mass is 9.97. The van der Waals surface area contributed by atoms with E-state index in [1.807, 2.05) is 13.8 Å². The Morgan fingerprint density at radius 1 is 1.14 bits per heavy atom. The Morgan fingerprint density at radius 2 is 1.57 bits per heavy atom. The summed E-state index contributed by atoms with van der Waals surface area (Å²) in [6.07, 6.45) is 1.61. The second-order valence-corrected chi connectivity index (χ2v) is 4.13.